The first kappa shape index (κ1) is 20.0. The molecule has 1 N–H and O–H groups in total. The van der Waals surface area contributed by atoms with Gasteiger partial charge in [-0.2, -0.15) is 0 Å². The van der Waals surface area contributed by atoms with Gasteiger partial charge in [0.1, 0.15) is 6.10 Å². The number of ether oxygens (including phenoxy) is 1. The SMILES string of the molecule is CNS(=O)(=O)c1ccc(C)c(C(OC(=O)C(C)C)C(C)N=[N+]=[N-])c1. The summed E-state index contributed by atoms with van der Waals surface area (Å²) in [4.78, 5) is 14.8. The number of carbonyl (C=O) groups excluding carboxylic acids is 1. The van der Waals surface area contributed by atoms with E-state index in [2.05, 4.69) is 14.7 Å². The molecular formula is C15H22N4O4S. The molecule has 0 spiro atoms. The molecule has 8 nitrogen and oxygen atoms in total. The maximum atomic E-state index is 12.0. The third-order valence-electron chi connectivity index (χ3n) is 3.52. The molecule has 1 rings (SSSR count). The van der Waals surface area contributed by atoms with Gasteiger partial charge < -0.3 is 4.74 Å². The number of nitrogens with one attached hydrogen (secondary N) is 1. The molecule has 24 heavy (non-hydrogen) atoms. The van der Waals surface area contributed by atoms with Gasteiger partial charge in [-0.15, -0.1) is 0 Å². The van der Waals surface area contributed by atoms with Crippen LogP contribution in [0.25, 0.3) is 10.4 Å². The van der Waals surface area contributed by atoms with Crippen molar-refractivity contribution in [2.24, 2.45) is 11.0 Å². The highest BCUT2D eigenvalue weighted by molar-refractivity contribution is 7.89. The second-order valence-corrected chi connectivity index (χ2v) is 7.57. The van der Waals surface area contributed by atoms with Gasteiger partial charge in [-0.25, -0.2) is 13.1 Å². The van der Waals surface area contributed by atoms with Crippen LogP contribution < -0.4 is 4.72 Å². The average molecular weight is 354 g/mol. The predicted molar refractivity (Wildman–Crippen MR) is 89.7 cm³/mol. The Bertz CT molecular complexity index is 755. The van der Waals surface area contributed by atoms with Crippen LogP contribution in [0.1, 0.15) is 38.0 Å². The van der Waals surface area contributed by atoms with E-state index < -0.39 is 28.1 Å². The molecule has 2 unspecified atom stereocenters. The van der Waals surface area contributed by atoms with E-state index in [1.807, 2.05) is 0 Å². The number of sulfonamides is 1. The van der Waals surface area contributed by atoms with Crippen molar-refractivity contribution in [3.63, 3.8) is 0 Å². The molecule has 0 saturated carbocycles. The molecular weight excluding hydrogens is 332 g/mol. The lowest BCUT2D eigenvalue weighted by Crippen LogP contribution is -2.24. The first-order valence-corrected chi connectivity index (χ1v) is 8.91. The zero-order valence-electron chi connectivity index (χ0n) is 14.3. The lowest BCUT2D eigenvalue weighted by molar-refractivity contribution is -0.154. The molecule has 0 aliphatic heterocycles. The van der Waals surface area contributed by atoms with Gasteiger partial charge in [0.05, 0.1) is 16.9 Å². The second-order valence-electron chi connectivity index (χ2n) is 5.68. The minimum absolute atomic E-state index is 0.0457. The van der Waals surface area contributed by atoms with Gasteiger partial charge >= 0.3 is 5.97 Å². The average Bonchev–Trinajstić information content (AvgIpc) is 2.53. The third-order valence-corrected chi connectivity index (χ3v) is 4.93. The summed E-state index contributed by atoms with van der Waals surface area (Å²) in [5.74, 6) is -0.823. The van der Waals surface area contributed by atoms with Crippen molar-refractivity contribution >= 4 is 16.0 Å². The normalized spacial score (nSPS) is 13.9. The number of carbonyl (C=O) groups is 1. The Balaban J connectivity index is 3.43. The molecule has 0 saturated heterocycles. The maximum absolute atomic E-state index is 12.0. The first-order chi connectivity index (χ1) is 11.1. The number of nitrogens with zero attached hydrogens (tertiary/aromatic N) is 3. The van der Waals surface area contributed by atoms with Gasteiger partial charge in [-0.05, 0) is 42.8 Å². The van der Waals surface area contributed by atoms with Gasteiger partial charge in [0.2, 0.25) is 10.0 Å². The molecule has 0 aliphatic rings. The summed E-state index contributed by atoms with van der Waals surface area (Å²) >= 11 is 0. The Morgan fingerprint density at radius 2 is 1.96 bits per heavy atom. The molecule has 9 heteroatoms. The van der Waals surface area contributed by atoms with E-state index in [1.54, 1.807) is 33.8 Å². The van der Waals surface area contributed by atoms with E-state index in [-0.39, 0.29) is 10.8 Å². The van der Waals surface area contributed by atoms with E-state index in [0.29, 0.717) is 5.56 Å². The van der Waals surface area contributed by atoms with Crippen molar-refractivity contribution in [3.05, 3.63) is 39.8 Å². The van der Waals surface area contributed by atoms with E-state index in [1.165, 1.54) is 19.2 Å². The molecule has 0 amide bonds. The lowest BCUT2D eigenvalue weighted by Gasteiger charge is -2.24. The molecule has 1 aromatic rings. The van der Waals surface area contributed by atoms with Crippen LogP contribution in [0.15, 0.2) is 28.2 Å². The van der Waals surface area contributed by atoms with Crippen molar-refractivity contribution in [3.8, 4) is 0 Å². The van der Waals surface area contributed by atoms with Gasteiger partial charge in [0, 0.05) is 4.91 Å². The molecule has 0 aromatic heterocycles. The van der Waals surface area contributed by atoms with Crippen molar-refractivity contribution in [1.82, 2.24) is 4.72 Å². The number of azide groups is 1. The van der Waals surface area contributed by atoms with Crippen LogP contribution in [0.5, 0.6) is 0 Å². The Morgan fingerprint density at radius 1 is 1.33 bits per heavy atom. The Labute approximate surface area is 141 Å². The fourth-order valence-electron chi connectivity index (χ4n) is 2.04. The zero-order chi connectivity index (χ0) is 18.5. The summed E-state index contributed by atoms with van der Waals surface area (Å²) < 4.78 is 31.7. The van der Waals surface area contributed by atoms with Crippen molar-refractivity contribution < 1.29 is 17.9 Å². The highest BCUT2D eigenvalue weighted by Gasteiger charge is 2.27. The monoisotopic (exact) mass is 354 g/mol. The van der Waals surface area contributed by atoms with Gasteiger partial charge in [-0.3, -0.25) is 4.79 Å². The molecule has 0 aliphatic carbocycles. The summed E-state index contributed by atoms with van der Waals surface area (Å²) in [6, 6.07) is 3.83. The second kappa shape index (κ2) is 8.14. The standard InChI is InChI=1S/C15H22N4O4S/c1-9(2)15(20)23-14(11(4)18-19-16)13-8-12(7-6-10(13)3)24(21,22)17-5/h6-9,11,14,17H,1-5H3. The van der Waals surface area contributed by atoms with Crippen LogP contribution in [-0.2, 0) is 19.6 Å². The largest absolute Gasteiger partial charge is 0.457 e. The summed E-state index contributed by atoms with van der Waals surface area (Å²) in [5.41, 5.74) is 9.89. The van der Waals surface area contributed by atoms with E-state index in [9.17, 15) is 13.2 Å². The molecule has 132 valence electrons. The number of hydrogen-bond acceptors (Lipinski definition) is 5. The summed E-state index contributed by atoms with van der Waals surface area (Å²) in [6.45, 7) is 6.75. The minimum Gasteiger partial charge on any atom is -0.457 e. The van der Waals surface area contributed by atoms with Gasteiger partial charge in [-0.1, -0.05) is 32.0 Å². The minimum atomic E-state index is -3.65. The van der Waals surface area contributed by atoms with Crippen LogP contribution in [0.3, 0.4) is 0 Å². The number of benzene rings is 1. The van der Waals surface area contributed by atoms with Crippen LogP contribution in [0, 0.1) is 12.8 Å². The molecule has 0 radical (unpaired) electrons. The topological polar surface area (TPSA) is 121 Å². The molecule has 0 heterocycles. The number of rotatable bonds is 7. The van der Waals surface area contributed by atoms with Crippen molar-refractivity contribution in [2.45, 2.75) is 44.7 Å². The van der Waals surface area contributed by atoms with Crippen LogP contribution in [0.4, 0.5) is 0 Å². The number of aryl methyl sites for hydroxylation is 1. The van der Waals surface area contributed by atoms with E-state index in [4.69, 9.17) is 10.3 Å². The Kier molecular flexibility index (Phi) is 6.77. The lowest BCUT2D eigenvalue weighted by atomic mass is 9.98. The zero-order valence-corrected chi connectivity index (χ0v) is 15.2. The smallest absolute Gasteiger partial charge is 0.308 e. The molecule has 2 atom stereocenters. The van der Waals surface area contributed by atoms with Crippen LogP contribution in [-0.4, -0.2) is 27.5 Å². The Hall–Kier alpha value is -2.09. The van der Waals surface area contributed by atoms with E-state index >= 15 is 0 Å². The highest BCUT2D eigenvalue weighted by Crippen LogP contribution is 2.29. The third kappa shape index (κ3) is 4.70. The van der Waals surface area contributed by atoms with E-state index in [0.717, 1.165) is 5.56 Å². The summed E-state index contributed by atoms with van der Waals surface area (Å²) in [5, 5.41) is 3.61. The Morgan fingerprint density at radius 3 is 2.46 bits per heavy atom. The van der Waals surface area contributed by atoms with Crippen LogP contribution >= 0.6 is 0 Å². The number of esters is 1. The molecule has 1 aromatic carbocycles. The predicted octanol–water partition coefficient (Wildman–Crippen LogP) is 2.84. The summed E-state index contributed by atoms with van der Waals surface area (Å²) in [6.07, 6.45) is -0.872. The number of hydrogen-bond donors (Lipinski definition) is 1. The van der Waals surface area contributed by atoms with Gasteiger partial charge in [0.15, 0.2) is 0 Å². The summed E-state index contributed by atoms with van der Waals surface area (Å²) in [7, 11) is -2.33. The highest BCUT2D eigenvalue weighted by atomic mass is 32.2. The fourth-order valence-corrected chi connectivity index (χ4v) is 2.80. The molecule has 0 fully saturated rings. The van der Waals surface area contributed by atoms with Crippen molar-refractivity contribution in [1.29, 1.82) is 0 Å². The van der Waals surface area contributed by atoms with Crippen LogP contribution in [0.2, 0.25) is 0 Å². The molecule has 0 bridgehead atoms. The van der Waals surface area contributed by atoms with Crippen molar-refractivity contribution in [2.75, 3.05) is 7.05 Å². The maximum Gasteiger partial charge on any atom is 0.308 e. The first-order valence-electron chi connectivity index (χ1n) is 7.42. The fraction of sp³-hybridized carbons (Fsp3) is 0.533. The van der Waals surface area contributed by atoms with Gasteiger partial charge in [0.25, 0.3) is 0 Å². The quantitative estimate of drug-likeness (QED) is 0.350.